The van der Waals surface area contributed by atoms with E-state index in [4.69, 9.17) is 0 Å². The van der Waals surface area contributed by atoms with E-state index in [1.807, 2.05) is 0 Å². The monoisotopic (exact) mass is 286 g/mol. The van der Waals surface area contributed by atoms with Gasteiger partial charge in [0.1, 0.15) is 0 Å². The molecule has 0 radical (unpaired) electrons. The first kappa shape index (κ1) is 13.8. The molecule has 1 unspecified atom stereocenters. The first-order chi connectivity index (χ1) is 7.27. The molecule has 2 nitrogen and oxygen atoms in total. The Hall–Kier alpha value is -0.310. The van der Waals surface area contributed by atoms with E-state index < -0.39 is 0 Å². The summed E-state index contributed by atoms with van der Waals surface area (Å²) in [6, 6.07) is 0. The Morgan fingerprint density at radius 2 is 1.81 bits per heavy atom. The topological polar surface area (TPSA) is 17.8 Å². The van der Waals surface area contributed by atoms with Crippen LogP contribution in [0.3, 0.4) is 0 Å². The summed E-state index contributed by atoms with van der Waals surface area (Å²) in [5, 5.41) is 5.63. The van der Waals surface area contributed by atoms with Crippen LogP contribution in [-0.2, 0) is 6.54 Å². The van der Waals surface area contributed by atoms with E-state index in [1.54, 1.807) is 0 Å². The first-order valence-corrected chi connectivity index (χ1v) is 6.96. The van der Waals surface area contributed by atoms with Gasteiger partial charge in [0.05, 0.1) is 5.69 Å². The highest BCUT2D eigenvalue weighted by molar-refractivity contribution is 9.09. The summed E-state index contributed by atoms with van der Waals surface area (Å²) in [4.78, 5) is 0. The molecule has 0 fully saturated rings. The molecule has 0 aromatic carbocycles. The maximum atomic E-state index is 4.61. The quantitative estimate of drug-likeness (QED) is 0.772. The zero-order valence-corrected chi connectivity index (χ0v) is 12.8. The fourth-order valence-electron chi connectivity index (χ4n) is 1.73. The van der Waals surface area contributed by atoms with Crippen molar-refractivity contribution in [2.45, 2.75) is 48.1 Å². The van der Waals surface area contributed by atoms with Crippen molar-refractivity contribution < 1.29 is 0 Å². The fourth-order valence-corrected chi connectivity index (χ4v) is 2.90. The normalized spacial score (nSPS) is 14.2. The van der Waals surface area contributed by atoms with Crippen LogP contribution in [0.1, 0.15) is 37.7 Å². The highest BCUT2D eigenvalue weighted by Crippen LogP contribution is 2.29. The lowest BCUT2D eigenvalue weighted by Crippen LogP contribution is -2.27. The molecule has 0 amide bonds. The third-order valence-electron chi connectivity index (χ3n) is 3.55. The van der Waals surface area contributed by atoms with Gasteiger partial charge in [-0.05, 0) is 37.7 Å². The number of aromatic nitrogens is 2. The zero-order chi connectivity index (χ0) is 12.5. The van der Waals surface area contributed by atoms with E-state index in [9.17, 15) is 0 Å². The highest BCUT2D eigenvalue weighted by atomic mass is 79.9. The Kier molecular flexibility index (Phi) is 4.22. The maximum absolute atomic E-state index is 4.61. The van der Waals surface area contributed by atoms with Crippen molar-refractivity contribution in [3.05, 3.63) is 17.0 Å². The second-order valence-electron chi connectivity index (χ2n) is 5.70. The van der Waals surface area contributed by atoms with Crippen molar-refractivity contribution in [2.75, 3.05) is 5.33 Å². The summed E-state index contributed by atoms with van der Waals surface area (Å²) >= 11 is 3.62. The van der Waals surface area contributed by atoms with Crippen LogP contribution in [0.2, 0.25) is 0 Å². The van der Waals surface area contributed by atoms with Crippen molar-refractivity contribution in [1.29, 1.82) is 0 Å². The molecule has 0 saturated carbocycles. The molecule has 0 aliphatic carbocycles. The van der Waals surface area contributed by atoms with Crippen LogP contribution in [0.5, 0.6) is 0 Å². The summed E-state index contributed by atoms with van der Waals surface area (Å²) in [5.74, 6) is 0.602. The maximum Gasteiger partial charge on any atom is 0.0625 e. The van der Waals surface area contributed by atoms with E-state index in [0.717, 1.165) is 17.6 Å². The van der Waals surface area contributed by atoms with Gasteiger partial charge in [-0.15, -0.1) is 0 Å². The number of rotatable bonds is 3. The minimum atomic E-state index is 0.309. The Bertz CT molecular complexity index is 361. The van der Waals surface area contributed by atoms with Crippen molar-refractivity contribution in [1.82, 2.24) is 9.78 Å². The van der Waals surface area contributed by atoms with Crippen LogP contribution in [0.25, 0.3) is 0 Å². The van der Waals surface area contributed by atoms with Gasteiger partial charge >= 0.3 is 0 Å². The van der Waals surface area contributed by atoms with E-state index in [0.29, 0.717) is 11.3 Å². The summed E-state index contributed by atoms with van der Waals surface area (Å²) in [5.41, 5.74) is 4.08. The van der Waals surface area contributed by atoms with Crippen LogP contribution in [0.4, 0.5) is 0 Å². The molecule has 92 valence electrons. The lowest BCUT2D eigenvalue weighted by atomic mass is 9.82. The standard InChI is InChI=1S/C13H23BrN2/c1-9-10(2)15-16(11(9)3)8-12(7-14)13(4,5)6/h12H,7-8H2,1-6H3. The minimum absolute atomic E-state index is 0.309. The molecule has 1 heterocycles. The van der Waals surface area contributed by atoms with Crippen LogP contribution >= 0.6 is 15.9 Å². The SMILES string of the molecule is Cc1nn(CC(CBr)C(C)(C)C)c(C)c1C. The van der Waals surface area contributed by atoms with Crippen LogP contribution in [0.15, 0.2) is 0 Å². The predicted octanol–water partition coefficient (Wildman–Crippen LogP) is 3.87. The van der Waals surface area contributed by atoms with Crippen LogP contribution in [0, 0.1) is 32.1 Å². The summed E-state index contributed by atoms with van der Waals surface area (Å²) < 4.78 is 2.15. The molecule has 0 saturated heterocycles. The molecule has 1 aromatic heterocycles. The van der Waals surface area contributed by atoms with Gasteiger partial charge in [-0.2, -0.15) is 5.10 Å². The number of halogens is 1. The molecule has 3 heteroatoms. The third kappa shape index (κ3) is 2.88. The van der Waals surface area contributed by atoms with Gasteiger partial charge in [0.2, 0.25) is 0 Å². The summed E-state index contributed by atoms with van der Waals surface area (Å²) in [7, 11) is 0. The van der Waals surface area contributed by atoms with Crippen molar-refractivity contribution >= 4 is 15.9 Å². The molecule has 0 aliphatic rings. The zero-order valence-electron chi connectivity index (χ0n) is 11.3. The number of alkyl halides is 1. The lowest BCUT2D eigenvalue weighted by molar-refractivity contribution is 0.230. The second kappa shape index (κ2) is 4.91. The Labute approximate surface area is 108 Å². The minimum Gasteiger partial charge on any atom is -0.269 e. The number of aryl methyl sites for hydroxylation is 1. The highest BCUT2D eigenvalue weighted by Gasteiger charge is 2.25. The number of nitrogens with zero attached hydrogens (tertiary/aromatic N) is 2. The second-order valence-corrected chi connectivity index (χ2v) is 6.34. The molecule has 1 rings (SSSR count). The Balaban J connectivity index is 2.91. The average molecular weight is 287 g/mol. The largest absolute Gasteiger partial charge is 0.269 e. The molecule has 1 aromatic rings. The lowest BCUT2D eigenvalue weighted by Gasteiger charge is -2.29. The summed E-state index contributed by atoms with van der Waals surface area (Å²) in [6.07, 6.45) is 0. The Morgan fingerprint density at radius 1 is 1.25 bits per heavy atom. The van der Waals surface area contributed by atoms with Crippen molar-refractivity contribution in [3.63, 3.8) is 0 Å². The predicted molar refractivity (Wildman–Crippen MR) is 73.2 cm³/mol. The van der Waals surface area contributed by atoms with Crippen LogP contribution < -0.4 is 0 Å². The molecular formula is C13H23BrN2. The van der Waals surface area contributed by atoms with Gasteiger partial charge in [-0.3, -0.25) is 4.68 Å². The van der Waals surface area contributed by atoms with Crippen molar-refractivity contribution in [3.8, 4) is 0 Å². The van der Waals surface area contributed by atoms with Crippen molar-refractivity contribution in [2.24, 2.45) is 11.3 Å². The van der Waals surface area contributed by atoms with Gasteiger partial charge in [-0.1, -0.05) is 36.7 Å². The number of hydrogen-bond acceptors (Lipinski definition) is 1. The van der Waals surface area contributed by atoms with Gasteiger partial charge in [0.15, 0.2) is 0 Å². The van der Waals surface area contributed by atoms with Crippen LogP contribution in [-0.4, -0.2) is 15.1 Å². The fraction of sp³-hybridized carbons (Fsp3) is 0.769. The van der Waals surface area contributed by atoms with E-state index in [1.165, 1.54) is 11.3 Å². The molecule has 16 heavy (non-hydrogen) atoms. The first-order valence-electron chi connectivity index (χ1n) is 5.84. The van der Waals surface area contributed by atoms with Gasteiger partial charge < -0.3 is 0 Å². The third-order valence-corrected chi connectivity index (χ3v) is 4.33. The molecular weight excluding hydrogens is 264 g/mol. The molecule has 0 aliphatic heterocycles. The van der Waals surface area contributed by atoms with E-state index in [2.05, 4.69) is 67.3 Å². The smallest absolute Gasteiger partial charge is 0.0625 e. The number of hydrogen-bond donors (Lipinski definition) is 0. The summed E-state index contributed by atoms with van der Waals surface area (Å²) in [6.45, 7) is 14.2. The average Bonchev–Trinajstić information content (AvgIpc) is 2.40. The Morgan fingerprint density at radius 3 is 2.12 bits per heavy atom. The van der Waals surface area contributed by atoms with Gasteiger partial charge in [-0.25, -0.2) is 0 Å². The molecule has 0 N–H and O–H groups in total. The molecule has 0 bridgehead atoms. The molecule has 0 spiro atoms. The van der Waals surface area contributed by atoms with Gasteiger partial charge in [0, 0.05) is 17.6 Å². The molecule has 1 atom stereocenters. The van der Waals surface area contributed by atoms with Gasteiger partial charge in [0.25, 0.3) is 0 Å². The van der Waals surface area contributed by atoms with E-state index >= 15 is 0 Å². The van der Waals surface area contributed by atoms with E-state index in [-0.39, 0.29) is 0 Å².